The molecule has 1 aromatic carbocycles. The quantitative estimate of drug-likeness (QED) is 0.793. The number of carboxylic acid groups (broad SMARTS) is 2. The number of benzene rings is 1. The van der Waals surface area contributed by atoms with Gasteiger partial charge in [-0.3, -0.25) is 0 Å². The molecule has 0 fully saturated rings. The molecule has 1 atom stereocenters. The second-order valence-electron chi connectivity index (χ2n) is 5.01. The molecule has 0 saturated carbocycles. The molecule has 0 spiro atoms. The number of nitrogens with one attached hydrogen (secondary N) is 1. The molecule has 0 saturated heterocycles. The van der Waals surface area contributed by atoms with Gasteiger partial charge in [0.15, 0.2) is 0 Å². The van der Waals surface area contributed by atoms with E-state index in [2.05, 4.69) is 5.32 Å². The van der Waals surface area contributed by atoms with Crippen molar-refractivity contribution in [3.05, 3.63) is 57.4 Å². The monoisotopic (exact) mass is 321 g/mol. The third-order valence-electron chi connectivity index (χ3n) is 3.64. The van der Waals surface area contributed by atoms with Gasteiger partial charge in [0.25, 0.3) is 0 Å². The maximum atomic E-state index is 11.7. The summed E-state index contributed by atoms with van der Waals surface area (Å²) in [5.74, 6) is -3.14. The summed E-state index contributed by atoms with van der Waals surface area (Å²) in [6.45, 7) is 3.45. The molecule has 0 bridgehead atoms. The molecule has 2 rings (SSSR count). The van der Waals surface area contributed by atoms with Crippen LogP contribution in [-0.2, 0) is 9.59 Å². The molecule has 3 N–H and O–H groups in total. The Balaban J connectivity index is 2.73. The molecule has 1 aliphatic rings. The van der Waals surface area contributed by atoms with E-state index >= 15 is 0 Å². The van der Waals surface area contributed by atoms with Crippen molar-refractivity contribution >= 4 is 23.5 Å². The van der Waals surface area contributed by atoms with Crippen molar-refractivity contribution in [2.45, 2.75) is 26.2 Å². The molecule has 1 unspecified atom stereocenters. The first kappa shape index (κ1) is 16.1. The van der Waals surface area contributed by atoms with Crippen molar-refractivity contribution < 1.29 is 19.8 Å². The van der Waals surface area contributed by atoms with Gasteiger partial charge in [0.1, 0.15) is 0 Å². The Bertz CT molecular complexity index is 706. The number of allylic oxidation sites excluding steroid dienone is 2. The number of hydrogen-bond donors (Lipinski definition) is 3. The van der Waals surface area contributed by atoms with E-state index < -0.39 is 17.9 Å². The van der Waals surface area contributed by atoms with Crippen LogP contribution in [0.3, 0.4) is 0 Å². The van der Waals surface area contributed by atoms with E-state index in [1.165, 1.54) is 0 Å². The van der Waals surface area contributed by atoms with E-state index in [0.717, 1.165) is 0 Å². The van der Waals surface area contributed by atoms with Crippen LogP contribution in [0.15, 0.2) is 46.8 Å². The Morgan fingerprint density at radius 2 is 1.86 bits per heavy atom. The summed E-state index contributed by atoms with van der Waals surface area (Å²) in [5.41, 5.74) is 1.58. The molecule has 0 aliphatic carbocycles. The highest BCUT2D eigenvalue weighted by molar-refractivity contribution is 6.30. The summed E-state index contributed by atoms with van der Waals surface area (Å²) in [6.07, 6.45) is 0.461. The lowest BCUT2D eigenvalue weighted by Gasteiger charge is -2.29. The first-order valence-electron chi connectivity index (χ1n) is 6.79. The fraction of sp³-hybridized carbons (Fsp3) is 0.250. The third-order valence-corrected chi connectivity index (χ3v) is 3.88. The van der Waals surface area contributed by atoms with Crippen LogP contribution in [0.1, 0.15) is 31.7 Å². The molecule has 22 heavy (non-hydrogen) atoms. The second kappa shape index (κ2) is 6.23. The maximum Gasteiger partial charge on any atom is 0.334 e. The summed E-state index contributed by atoms with van der Waals surface area (Å²) < 4.78 is 0. The highest BCUT2D eigenvalue weighted by Gasteiger charge is 2.37. The van der Waals surface area contributed by atoms with Crippen LogP contribution in [0.25, 0.3) is 0 Å². The van der Waals surface area contributed by atoms with E-state index in [1.807, 2.05) is 6.92 Å². The topological polar surface area (TPSA) is 86.6 Å². The number of carboxylic acids is 2. The van der Waals surface area contributed by atoms with Crippen molar-refractivity contribution in [3.8, 4) is 0 Å². The molecule has 1 aliphatic heterocycles. The normalized spacial score (nSPS) is 18.2. The van der Waals surface area contributed by atoms with Crippen LogP contribution < -0.4 is 5.32 Å². The van der Waals surface area contributed by atoms with Crippen LogP contribution in [0.4, 0.5) is 0 Å². The molecule has 6 heteroatoms. The van der Waals surface area contributed by atoms with Crippen molar-refractivity contribution in [1.29, 1.82) is 0 Å². The SMILES string of the molecule is CCC1=C(C(=O)O)C(c2cccc(Cl)c2)C(C(=O)O)=C(C)N1. The van der Waals surface area contributed by atoms with Gasteiger partial charge in [-0.05, 0) is 31.0 Å². The van der Waals surface area contributed by atoms with Crippen LogP contribution in [-0.4, -0.2) is 22.2 Å². The van der Waals surface area contributed by atoms with Gasteiger partial charge < -0.3 is 15.5 Å². The summed E-state index contributed by atoms with van der Waals surface area (Å²) in [5, 5.41) is 22.4. The second-order valence-corrected chi connectivity index (χ2v) is 5.44. The minimum Gasteiger partial charge on any atom is -0.478 e. The smallest absolute Gasteiger partial charge is 0.334 e. The van der Waals surface area contributed by atoms with Gasteiger partial charge in [-0.1, -0.05) is 30.7 Å². The molecule has 5 nitrogen and oxygen atoms in total. The molecule has 1 aromatic rings. The third kappa shape index (κ3) is 2.85. The molecule has 116 valence electrons. The van der Waals surface area contributed by atoms with Crippen LogP contribution in [0.5, 0.6) is 0 Å². The van der Waals surface area contributed by atoms with Crippen molar-refractivity contribution in [3.63, 3.8) is 0 Å². The molecular weight excluding hydrogens is 306 g/mol. The van der Waals surface area contributed by atoms with Crippen LogP contribution in [0, 0.1) is 0 Å². The van der Waals surface area contributed by atoms with Gasteiger partial charge in [-0.25, -0.2) is 9.59 Å². The Hall–Kier alpha value is -2.27. The predicted molar refractivity (Wildman–Crippen MR) is 82.6 cm³/mol. The first-order chi connectivity index (χ1) is 10.4. The van der Waals surface area contributed by atoms with Gasteiger partial charge >= 0.3 is 11.9 Å². The zero-order valence-electron chi connectivity index (χ0n) is 12.2. The van der Waals surface area contributed by atoms with Gasteiger partial charge in [-0.15, -0.1) is 0 Å². The van der Waals surface area contributed by atoms with Gasteiger partial charge in [0, 0.05) is 16.4 Å². The van der Waals surface area contributed by atoms with E-state index in [-0.39, 0.29) is 11.1 Å². The van der Waals surface area contributed by atoms with E-state index in [1.54, 1.807) is 31.2 Å². The standard InChI is InChI=1S/C16H16ClNO4/c1-3-11-14(16(21)22)13(9-5-4-6-10(17)7-9)12(15(19)20)8(2)18-11/h4-7,13,18H,3H2,1-2H3,(H,19,20)(H,21,22). The lowest BCUT2D eigenvalue weighted by molar-refractivity contribution is -0.133. The fourth-order valence-electron chi connectivity index (χ4n) is 2.73. The van der Waals surface area contributed by atoms with Crippen LogP contribution >= 0.6 is 11.6 Å². The van der Waals surface area contributed by atoms with E-state index in [9.17, 15) is 19.8 Å². The minimum absolute atomic E-state index is 0.0249. The Labute approximate surface area is 132 Å². The van der Waals surface area contributed by atoms with Gasteiger partial charge in [0.2, 0.25) is 0 Å². The fourth-order valence-corrected chi connectivity index (χ4v) is 2.93. The Morgan fingerprint density at radius 1 is 1.23 bits per heavy atom. The maximum absolute atomic E-state index is 11.7. The Morgan fingerprint density at radius 3 is 2.36 bits per heavy atom. The number of aliphatic carboxylic acids is 2. The number of dihydropyridines is 1. The number of hydrogen-bond acceptors (Lipinski definition) is 3. The van der Waals surface area contributed by atoms with E-state index in [4.69, 9.17) is 11.6 Å². The van der Waals surface area contributed by atoms with Crippen LogP contribution in [0.2, 0.25) is 5.02 Å². The summed E-state index contributed by atoms with van der Waals surface area (Å²) in [4.78, 5) is 23.4. The summed E-state index contributed by atoms with van der Waals surface area (Å²) in [6, 6.07) is 6.63. The summed E-state index contributed by atoms with van der Waals surface area (Å²) in [7, 11) is 0. The molecule has 0 radical (unpaired) electrons. The molecule has 1 heterocycles. The van der Waals surface area contributed by atoms with Crippen molar-refractivity contribution in [1.82, 2.24) is 5.32 Å². The lowest BCUT2D eigenvalue weighted by atomic mass is 9.80. The Kier molecular flexibility index (Phi) is 4.56. The minimum atomic E-state index is -1.15. The van der Waals surface area contributed by atoms with Gasteiger partial charge in [-0.2, -0.15) is 0 Å². The molecular formula is C16H16ClNO4. The lowest BCUT2D eigenvalue weighted by Crippen LogP contribution is -2.31. The largest absolute Gasteiger partial charge is 0.478 e. The average Bonchev–Trinajstić information content (AvgIpc) is 2.45. The van der Waals surface area contributed by atoms with Crippen molar-refractivity contribution in [2.24, 2.45) is 0 Å². The average molecular weight is 322 g/mol. The number of carbonyl (C=O) groups is 2. The molecule has 0 amide bonds. The van der Waals surface area contributed by atoms with Gasteiger partial charge in [0.05, 0.1) is 17.1 Å². The van der Waals surface area contributed by atoms with E-state index in [0.29, 0.717) is 28.4 Å². The predicted octanol–water partition coefficient (Wildman–Crippen LogP) is 3.13. The zero-order valence-corrected chi connectivity index (χ0v) is 12.9. The van der Waals surface area contributed by atoms with Crippen molar-refractivity contribution in [2.75, 3.05) is 0 Å². The molecule has 0 aromatic heterocycles. The number of rotatable bonds is 4. The first-order valence-corrected chi connectivity index (χ1v) is 7.17. The summed E-state index contributed by atoms with van der Waals surface area (Å²) >= 11 is 5.98. The highest BCUT2D eigenvalue weighted by Crippen LogP contribution is 2.39. The highest BCUT2D eigenvalue weighted by atomic mass is 35.5. The zero-order chi connectivity index (χ0) is 16.4. The number of halogens is 1.